The monoisotopic (exact) mass is 618 g/mol. The molecule has 2 aliphatic rings. The summed E-state index contributed by atoms with van der Waals surface area (Å²) in [6.45, 7) is 15.1. The molecule has 1 fully saturated rings. The first-order valence-electron chi connectivity index (χ1n) is 15.2. The minimum atomic E-state index is -1.14. The molecule has 44 heavy (non-hydrogen) atoms. The van der Waals surface area contributed by atoms with E-state index in [-0.39, 0.29) is 56.0 Å². The Bertz CT molecular complexity index is 1250. The van der Waals surface area contributed by atoms with Crippen molar-refractivity contribution in [3.05, 3.63) is 23.3 Å². The van der Waals surface area contributed by atoms with Gasteiger partial charge in [-0.1, -0.05) is 6.92 Å². The first kappa shape index (κ1) is 34.5. The lowest BCUT2D eigenvalue weighted by Crippen LogP contribution is -2.55. The average molecular weight is 619 g/mol. The van der Waals surface area contributed by atoms with Crippen LogP contribution in [-0.4, -0.2) is 96.5 Å². The number of ether oxygens (including phenoxy) is 4. The second-order valence-corrected chi connectivity index (χ2v) is 11.7. The van der Waals surface area contributed by atoms with E-state index in [1.54, 1.807) is 49.6 Å². The Balaban J connectivity index is 1.84. The summed E-state index contributed by atoms with van der Waals surface area (Å²) in [5.74, 6) is -0.159. The summed E-state index contributed by atoms with van der Waals surface area (Å²) < 4.78 is 21.0. The van der Waals surface area contributed by atoms with Crippen LogP contribution in [0.15, 0.2) is 12.1 Å². The third kappa shape index (κ3) is 8.11. The second-order valence-electron chi connectivity index (χ2n) is 11.7. The van der Waals surface area contributed by atoms with Crippen LogP contribution >= 0.6 is 0 Å². The van der Waals surface area contributed by atoms with Crippen LogP contribution in [0.1, 0.15) is 83.7 Å². The molecule has 2 heterocycles. The number of nitrogens with zero attached hydrogens (tertiary/aromatic N) is 3. The number of anilines is 1. The lowest BCUT2D eigenvalue weighted by molar-refractivity contribution is -0.132. The molecule has 2 aliphatic heterocycles. The molecule has 0 aromatic heterocycles. The molecule has 1 aromatic carbocycles. The maximum Gasteiger partial charge on any atom is 0.511 e. The Kier molecular flexibility index (Phi) is 11.5. The molecule has 13 nitrogen and oxygen atoms in total. The van der Waals surface area contributed by atoms with E-state index in [4.69, 9.17) is 18.9 Å². The van der Waals surface area contributed by atoms with Crippen molar-refractivity contribution in [2.45, 2.75) is 98.6 Å². The van der Waals surface area contributed by atoms with E-state index in [1.807, 2.05) is 20.8 Å². The molecule has 0 saturated carbocycles. The zero-order chi connectivity index (χ0) is 32.8. The molecule has 0 bridgehead atoms. The van der Waals surface area contributed by atoms with Gasteiger partial charge in [-0.05, 0) is 72.1 Å². The highest BCUT2D eigenvalue weighted by atomic mass is 16.8. The minimum Gasteiger partial charge on any atom is -0.476 e. The second kappa shape index (κ2) is 14.6. The lowest BCUT2D eigenvalue weighted by atomic mass is 9.97. The van der Waals surface area contributed by atoms with Gasteiger partial charge in [0.25, 0.3) is 11.8 Å². The topological polar surface area (TPSA) is 144 Å². The fraction of sp³-hybridized carbons (Fsp3) is 0.645. The fourth-order valence-corrected chi connectivity index (χ4v) is 5.44. The van der Waals surface area contributed by atoms with Crippen molar-refractivity contribution in [2.75, 3.05) is 37.7 Å². The van der Waals surface area contributed by atoms with Gasteiger partial charge in [-0.25, -0.2) is 9.59 Å². The molecule has 1 N–H and O–H groups in total. The Morgan fingerprint density at radius 3 is 2.48 bits per heavy atom. The summed E-state index contributed by atoms with van der Waals surface area (Å²) in [4.78, 5) is 68.7. The van der Waals surface area contributed by atoms with E-state index in [0.717, 1.165) is 0 Å². The van der Waals surface area contributed by atoms with E-state index >= 15 is 0 Å². The quantitative estimate of drug-likeness (QED) is 0.304. The summed E-state index contributed by atoms with van der Waals surface area (Å²) in [5.41, 5.74) is 0.429. The predicted octanol–water partition coefficient (Wildman–Crippen LogP) is 4.00. The summed E-state index contributed by atoms with van der Waals surface area (Å²) >= 11 is 0. The zero-order valence-electron chi connectivity index (χ0n) is 27.1. The first-order valence-corrected chi connectivity index (χ1v) is 15.2. The normalized spacial score (nSPS) is 18.1. The number of likely N-dealkylation sites (tertiary alicyclic amines) is 1. The number of fused-ring (bicyclic) bond motifs is 1. The molecule has 244 valence electrons. The molecule has 0 spiro atoms. The molecule has 2 atom stereocenters. The molecule has 0 radical (unpaired) electrons. The number of benzene rings is 1. The summed E-state index contributed by atoms with van der Waals surface area (Å²) in [6.07, 6.45) is -1.08. The Morgan fingerprint density at radius 2 is 1.84 bits per heavy atom. The smallest absolute Gasteiger partial charge is 0.476 e. The van der Waals surface area contributed by atoms with Crippen LogP contribution in [-0.2, 0) is 23.8 Å². The van der Waals surface area contributed by atoms with Crippen LogP contribution in [0.4, 0.5) is 15.3 Å². The molecule has 3 rings (SSSR count). The van der Waals surface area contributed by atoms with Gasteiger partial charge in [0.05, 0.1) is 18.3 Å². The van der Waals surface area contributed by atoms with Gasteiger partial charge in [0, 0.05) is 51.1 Å². The Hall–Kier alpha value is -4.03. The number of piperidine rings is 1. The summed E-state index contributed by atoms with van der Waals surface area (Å²) in [7, 11) is 0. The van der Waals surface area contributed by atoms with Crippen LogP contribution < -0.4 is 15.0 Å². The molecule has 0 aliphatic carbocycles. The molecular formula is C31H46N4O9. The van der Waals surface area contributed by atoms with Gasteiger partial charge in [0.1, 0.15) is 5.75 Å². The van der Waals surface area contributed by atoms with Crippen LogP contribution in [0.3, 0.4) is 0 Å². The third-order valence-electron chi connectivity index (χ3n) is 7.56. The van der Waals surface area contributed by atoms with Crippen molar-refractivity contribution in [1.82, 2.24) is 15.1 Å². The van der Waals surface area contributed by atoms with E-state index in [0.29, 0.717) is 48.4 Å². The van der Waals surface area contributed by atoms with Gasteiger partial charge in [0.15, 0.2) is 5.60 Å². The van der Waals surface area contributed by atoms with Gasteiger partial charge in [-0.15, -0.1) is 0 Å². The highest BCUT2D eigenvalue weighted by Crippen LogP contribution is 2.40. The number of hydrogen-bond donors (Lipinski definition) is 1. The number of amides is 4. The molecule has 13 heteroatoms. The van der Waals surface area contributed by atoms with Crippen molar-refractivity contribution in [2.24, 2.45) is 0 Å². The van der Waals surface area contributed by atoms with Crippen molar-refractivity contribution < 1.29 is 42.9 Å². The van der Waals surface area contributed by atoms with Gasteiger partial charge < -0.3 is 39.0 Å². The molecule has 0 unspecified atom stereocenters. The van der Waals surface area contributed by atoms with Crippen molar-refractivity contribution in [3.63, 3.8) is 0 Å². The van der Waals surface area contributed by atoms with Gasteiger partial charge in [-0.3, -0.25) is 14.4 Å². The van der Waals surface area contributed by atoms with Gasteiger partial charge >= 0.3 is 12.2 Å². The summed E-state index contributed by atoms with van der Waals surface area (Å²) in [6, 6.07) is 2.93. The van der Waals surface area contributed by atoms with E-state index < -0.39 is 24.1 Å². The lowest BCUT2D eigenvalue weighted by Gasteiger charge is -2.42. The highest BCUT2D eigenvalue weighted by Gasteiger charge is 2.42. The van der Waals surface area contributed by atoms with Crippen molar-refractivity contribution in [1.29, 1.82) is 0 Å². The predicted molar refractivity (Wildman–Crippen MR) is 161 cm³/mol. The molecular weight excluding hydrogens is 572 g/mol. The SMILES string of the molecule is CCOC(=O)O[C@@H](C)OC(=O)N1CCC[C@@H](N(C(=O)c2cc3c(cc2C)OC(C)(C)C(=O)N3CCNC(=O)CC)C(C)C)C1. The van der Waals surface area contributed by atoms with E-state index in [2.05, 4.69) is 5.32 Å². The van der Waals surface area contributed by atoms with Crippen molar-refractivity contribution >= 4 is 35.7 Å². The van der Waals surface area contributed by atoms with E-state index in [9.17, 15) is 24.0 Å². The third-order valence-corrected chi connectivity index (χ3v) is 7.56. The first-order chi connectivity index (χ1) is 20.7. The van der Waals surface area contributed by atoms with Gasteiger partial charge in [0.2, 0.25) is 12.2 Å². The Labute approximate surface area is 259 Å². The highest BCUT2D eigenvalue weighted by molar-refractivity contribution is 6.05. The maximum atomic E-state index is 14.2. The fourth-order valence-electron chi connectivity index (χ4n) is 5.44. The van der Waals surface area contributed by atoms with E-state index in [1.165, 1.54) is 11.8 Å². The van der Waals surface area contributed by atoms with Crippen LogP contribution in [0, 0.1) is 6.92 Å². The van der Waals surface area contributed by atoms with Gasteiger partial charge in [-0.2, -0.15) is 0 Å². The standard InChI is InChI=1S/C31H46N4O9/c1-9-26(36)32-13-15-34-24-17-23(20(5)16-25(24)44-31(7,8)28(34)38)27(37)35(19(3)4)22-12-11-14-33(18-22)29(39)42-21(6)43-30(40)41-10-2/h16-17,19,21-22H,9-15,18H2,1-8H3,(H,32,36)/t21-,22+/m0/s1. The van der Waals surface area contributed by atoms with Crippen LogP contribution in [0.25, 0.3) is 0 Å². The molecule has 1 saturated heterocycles. The number of rotatable bonds is 10. The minimum absolute atomic E-state index is 0.121. The number of aryl methyl sites for hydroxylation is 1. The number of hydrogen-bond acceptors (Lipinski definition) is 9. The zero-order valence-corrected chi connectivity index (χ0v) is 27.1. The Morgan fingerprint density at radius 1 is 1.14 bits per heavy atom. The number of carbonyl (C=O) groups is 5. The number of carbonyl (C=O) groups excluding carboxylic acids is 5. The van der Waals surface area contributed by atoms with Crippen LogP contribution in [0.5, 0.6) is 5.75 Å². The van der Waals surface area contributed by atoms with Crippen LogP contribution in [0.2, 0.25) is 0 Å². The van der Waals surface area contributed by atoms with Crippen molar-refractivity contribution in [3.8, 4) is 5.75 Å². The maximum absolute atomic E-state index is 14.2. The summed E-state index contributed by atoms with van der Waals surface area (Å²) in [5, 5.41) is 2.80. The molecule has 1 aromatic rings. The molecule has 4 amide bonds. The largest absolute Gasteiger partial charge is 0.511 e. The number of nitrogens with one attached hydrogen (secondary N) is 1. The average Bonchev–Trinajstić information content (AvgIpc) is 2.94.